The lowest BCUT2D eigenvalue weighted by Gasteiger charge is -2.30. The number of piperidine rings is 1. The van der Waals surface area contributed by atoms with Gasteiger partial charge in [-0.25, -0.2) is 4.79 Å². The van der Waals surface area contributed by atoms with Gasteiger partial charge in [-0.05, 0) is 61.7 Å². The van der Waals surface area contributed by atoms with Crippen LogP contribution in [0.15, 0.2) is 47.1 Å². The van der Waals surface area contributed by atoms with Crippen LogP contribution in [0.1, 0.15) is 35.9 Å². The number of urea groups is 1. The number of hydrogen-bond acceptors (Lipinski definition) is 4. The van der Waals surface area contributed by atoms with E-state index in [4.69, 9.17) is 4.42 Å². The van der Waals surface area contributed by atoms with Crippen LogP contribution in [0.3, 0.4) is 0 Å². The molecule has 28 heavy (non-hydrogen) atoms. The zero-order chi connectivity index (χ0) is 19.8. The average molecular weight is 384 g/mol. The highest BCUT2D eigenvalue weighted by Gasteiger charge is 2.15. The molecule has 0 radical (unpaired) electrons. The average Bonchev–Trinajstić information content (AvgIpc) is 3.23. The molecule has 2 heterocycles. The Kier molecular flexibility index (Phi) is 7.08. The van der Waals surface area contributed by atoms with Crippen LogP contribution >= 0.6 is 0 Å². The fourth-order valence-corrected chi connectivity index (χ4v) is 3.22. The quantitative estimate of drug-likeness (QED) is 0.685. The molecule has 1 aliphatic heterocycles. The number of carbonyl (C=O) groups excluding carboxylic acids is 2. The lowest BCUT2D eigenvalue weighted by molar-refractivity contribution is 0.0996. The lowest BCUT2D eigenvalue weighted by atomic mass is 9.99. The fourth-order valence-electron chi connectivity index (χ4n) is 3.22. The van der Waals surface area contributed by atoms with E-state index in [1.165, 1.54) is 19.1 Å². The fraction of sp³-hybridized carbons (Fsp3) is 0.429. The minimum atomic E-state index is -0.306. The van der Waals surface area contributed by atoms with Gasteiger partial charge in [0.05, 0.1) is 6.26 Å². The summed E-state index contributed by atoms with van der Waals surface area (Å²) in [5.74, 6) is 0.762. The van der Waals surface area contributed by atoms with Crippen LogP contribution in [0.25, 0.3) is 0 Å². The van der Waals surface area contributed by atoms with Gasteiger partial charge in [-0.1, -0.05) is 19.1 Å². The Labute approximate surface area is 165 Å². The summed E-state index contributed by atoms with van der Waals surface area (Å²) in [4.78, 5) is 26.4. The second-order valence-corrected chi connectivity index (χ2v) is 7.27. The number of furan rings is 1. The number of likely N-dealkylation sites (tertiary alicyclic amines) is 1. The molecular weight excluding hydrogens is 356 g/mol. The molecule has 0 unspecified atom stereocenters. The molecule has 1 aliphatic rings. The van der Waals surface area contributed by atoms with E-state index in [9.17, 15) is 9.59 Å². The van der Waals surface area contributed by atoms with Gasteiger partial charge in [-0.3, -0.25) is 4.79 Å². The molecule has 7 nitrogen and oxygen atoms in total. The maximum atomic E-state index is 12.0. The van der Waals surface area contributed by atoms with Crippen molar-refractivity contribution in [3.05, 3.63) is 54.0 Å². The number of anilines is 1. The summed E-state index contributed by atoms with van der Waals surface area (Å²) in [5, 5.41) is 8.53. The second-order valence-electron chi connectivity index (χ2n) is 7.27. The molecule has 7 heteroatoms. The van der Waals surface area contributed by atoms with Gasteiger partial charge in [-0.15, -0.1) is 0 Å². The number of nitrogens with zero attached hydrogens (tertiary/aromatic N) is 1. The van der Waals surface area contributed by atoms with Crippen LogP contribution in [0.5, 0.6) is 0 Å². The number of benzene rings is 1. The summed E-state index contributed by atoms with van der Waals surface area (Å²) in [7, 11) is 0. The molecule has 2 aromatic rings. The highest BCUT2D eigenvalue weighted by molar-refractivity contribution is 6.02. The van der Waals surface area contributed by atoms with Crippen molar-refractivity contribution in [2.24, 2.45) is 5.92 Å². The van der Waals surface area contributed by atoms with Crippen LogP contribution in [-0.2, 0) is 6.54 Å². The molecular formula is C21H28N4O3. The normalized spacial score (nSPS) is 15.2. The molecule has 0 atom stereocenters. The first-order valence-electron chi connectivity index (χ1n) is 9.78. The SMILES string of the molecule is CC1CCN(CCNC(=O)NCc2cccc(NC(=O)c3ccco3)c2)CC1. The van der Waals surface area contributed by atoms with Gasteiger partial charge in [0.2, 0.25) is 0 Å². The monoisotopic (exact) mass is 384 g/mol. The number of nitrogens with one attached hydrogen (secondary N) is 3. The minimum Gasteiger partial charge on any atom is -0.459 e. The number of amides is 3. The van der Waals surface area contributed by atoms with Crippen LogP contribution in [0, 0.1) is 5.92 Å². The number of carbonyl (C=O) groups is 2. The van der Waals surface area contributed by atoms with E-state index in [1.807, 2.05) is 18.2 Å². The van der Waals surface area contributed by atoms with Crippen molar-refractivity contribution in [1.82, 2.24) is 15.5 Å². The standard InChI is InChI=1S/C21H28N4O3/c1-16-7-10-25(11-8-16)12-9-22-21(27)23-15-17-4-2-5-18(14-17)24-20(26)19-6-3-13-28-19/h2-6,13-14,16H,7-12,15H2,1H3,(H,24,26)(H2,22,23,27). The van der Waals surface area contributed by atoms with E-state index < -0.39 is 0 Å². The maximum Gasteiger partial charge on any atom is 0.315 e. The Hall–Kier alpha value is -2.80. The van der Waals surface area contributed by atoms with Crippen molar-refractivity contribution in [2.75, 3.05) is 31.5 Å². The molecule has 0 saturated carbocycles. The Morgan fingerprint density at radius 1 is 1.14 bits per heavy atom. The highest BCUT2D eigenvalue weighted by atomic mass is 16.3. The van der Waals surface area contributed by atoms with E-state index in [2.05, 4.69) is 27.8 Å². The summed E-state index contributed by atoms with van der Waals surface area (Å²) in [6.45, 7) is 6.42. The number of hydrogen-bond donors (Lipinski definition) is 3. The third-order valence-corrected chi connectivity index (χ3v) is 4.97. The number of rotatable bonds is 7. The third kappa shape index (κ3) is 6.13. The molecule has 1 fully saturated rings. The minimum absolute atomic E-state index is 0.185. The van der Waals surface area contributed by atoms with Crippen molar-refractivity contribution in [1.29, 1.82) is 0 Å². The molecule has 1 aromatic heterocycles. The second kappa shape index (κ2) is 9.94. The van der Waals surface area contributed by atoms with Crippen LogP contribution in [0.2, 0.25) is 0 Å². The van der Waals surface area contributed by atoms with Crippen molar-refractivity contribution in [2.45, 2.75) is 26.3 Å². The van der Waals surface area contributed by atoms with Gasteiger partial charge < -0.3 is 25.3 Å². The Bertz CT molecular complexity index is 768. The van der Waals surface area contributed by atoms with Crippen LogP contribution < -0.4 is 16.0 Å². The van der Waals surface area contributed by atoms with Gasteiger partial charge in [0, 0.05) is 25.3 Å². The summed E-state index contributed by atoms with van der Waals surface area (Å²) >= 11 is 0. The van der Waals surface area contributed by atoms with Gasteiger partial charge >= 0.3 is 6.03 Å². The maximum absolute atomic E-state index is 12.0. The van der Waals surface area contributed by atoms with E-state index in [-0.39, 0.29) is 17.7 Å². The van der Waals surface area contributed by atoms with Crippen molar-refractivity contribution in [3.63, 3.8) is 0 Å². The third-order valence-electron chi connectivity index (χ3n) is 4.97. The molecule has 0 aliphatic carbocycles. The zero-order valence-electron chi connectivity index (χ0n) is 16.2. The van der Waals surface area contributed by atoms with Crippen molar-refractivity contribution < 1.29 is 14.0 Å². The first-order chi connectivity index (χ1) is 13.6. The molecule has 0 bridgehead atoms. The van der Waals surface area contributed by atoms with E-state index in [0.717, 1.165) is 31.1 Å². The Morgan fingerprint density at radius 2 is 1.96 bits per heavy atom. The summed E-state index contributed by atoms with van der Waals surface area (Å²) in [5.41, 5.74) is 1.55. The lowest BCUT2D eigenvalue weighted by Crippen LogP contribution is -2.42. The molecule has 0 spiro atoms. The Morgan fingerprint density at radius 3 is 2.71 bits per heavy atom. The van der Waals surface area contributed by atoms with Gasteiger partial charge in [0.15, 0.2) is 5.76 Å². The Balaban J connectivity index is 1.38. The summed E-state index contributed by atoms with van der Waals surface area (Å²) < 4.78 is 5.08. The predicted molar refractivity (Wildman–Crippen MR) is 108 cm³/mol. The molecule has 1 saturated heterocycles. The van der Waals surface area contributed by atoms with E-state index >= 15 is 0 Å². The highest BCUT2D eigenvalue weighted by Crippen LogP contribution is 2.15. The van der Waals surface area contributed by atoms with Gasteiger partial charge in [-0.2, -0.15) is 0 Å². The summed E-state index contributed by atoms with van der Waals surface area (Å²) in [6.07, 6.45) is 3.93. The molecule has 3 N–H and O–H groups in total. The van der Waals surface area contributed by atoms with Gasteiger partial charge in [0.1, 0.15) is 0 Å². The van der Waals surface area contributed by atoms with E-state index in [1.54, 1.807) is 18.2 Å². The smallest absolute Gasteiger partial charge is 0.315 e. The predicted octanol–water partition coefficient (Wildman–Crippen LogP) is 3.06. The first kappa shape index (κ1) is 19.9. The van der Waals surface area contributed by atoms with Gasteiger partial charge in [0.25, 0.3) is 5.91 Å². The van der Waals surface area contributed by atoms with E-state index in [0.29, 0.717) is 18.8 Å². The molecule has 3 rings (SSSR count). The van der Waals surface area contributed by atoms with Crippen molar-refractivity contribution >= 4 is 17.6 Å². The largest absolute Gasteiger partial charge is 0.459 e. The van der Waals surface area contributed by atoms with Crippen LogP contribution in [0.4, 0.5) is 10.5 Å². The molecule has 150 valence electrons. The molecule has 3 amide bonds. The zero-order valence-corrected chi connectivity index (χ0v) is 16.2. The molecule has 1 aromatic carbocycles. The van der Waals surface area contributed by atoms with Crippen LogP contribution in [-0.4, -0.2) is 43.0 Å². The topological polar surface area (TPSA) is 86.6 Å². The van der Waals surface area contributed by atoms with Crippen molar-refractivity contribution in [3.8, 4) is 0 Å². The summed E-state index contributed by atoms with van der Waals surface area (Å²) in [6, 6.07) is 10.5. The first-order valence-corrected chi connectivity index (χ1v) is 9.78.